The largest absolute Gasteiger partial charge is 0.381 e. The molecule has 0 bridgehead atoms. The van der Waals surface area contributed by atoms with E-state index in [9.17, 15) is 0 Å². The molecule has 1 atom stereocenters. The van der Waals surface area contributed by atoms with Crippen molar-refractivity contribution in [3.8, 4) is 0 Å². The number of aliphatic imine (C=N–C) groups is 1. The Balaban J connectivity index is 1.90. The molecule has 0 saturated carbocycles. The highest BCUT2D eigenvalue weighted by atomic mass is 32.2. The monoisotopic (exact) mass is 284 g/mol. The highest BCUT2D eigenvalue weighted by Gasteiger charge is 2.38. The van der Waals surface area contributed by atoms with Crippen molar-refractivity contribution in [1.82, 2.24) is 5.32 Å². The van der Waals surface area contributed by atoms with Gasteiger partial charge in [-0.15, -0.1) is 0 Å². The molecule has 0 aromatic carbocycles. The van der Waals surface area contributed by atoms with Crippen LogP contribution in [0.25, 0.3) is 0 Å². The highest BCUT2D eigenvalue weighted by Crippen LogP contribution is 2.32. The lowest BCUT2D eigenvalue weighted by molar-refractivity contribution is 0.0555. The van der Waals surface area contributed by atoms with Gasteiger partial charge in [0.2, 0.25) is 0 Å². The molecule has 0 aromatic rings. The maximum absolute atomic E-state index is 5.48. The van der Waals surface area contributed by atoms with E-state index < -0.39 is 0 Å². The number of hydrogen-bond donors (Lipinski definition) is 1. The van der Waals surface area contributed by atoms with Gasteiger partial charge in [-0.05, 0) is 25.7 Å². The zero-order chi connectivity index (χ0) is 13.6. The third-order valence-electron chi connectivity index (χ3n) is 4.12. The molecule has 2 rings (SSSR count). The Kier molecular flexibility index (Phi) is 6.02. The van der Waals surface area contributed by atoms with E-state index >= 15 is 0 Å². The molecule has 1 N–H and O–H groups in total. The summed E-state index contributed by atoms with van der Waals surface area (Å²) < 4.78 is 5.48. The normalized spacial score (nSPS) is 25.7. The zero-order valence-electron chi connectivity index (χ0n) is 12.4. The smallest absolute Gasteiger partial charge is 0.157 e. The summed E-state index contributed by atoms with van der Waals surface area (Å²) in [5, 5.41) is 4.90. The molecular weight excluding hydrogens is 256 g/mol. The summed E-state index contributed by atoms with van der Waals surface area (Å²) in [5.41, 5.74) is 0.281. The van der Waals surface area contributed by atoms with Gasteiger partial charge in [0, 0.05) is 19.0 Å². The van der Waals surface area contributed by atoms with Crippen molar-refractivity contribution in [1.29, 1.82) is 0 Å². The SMILES string of the molecule is CCCCC(CCC)N=C1NC2(CCOCC2)CS1. The molecule has 2 fully saturated rings. The number of rotatable bonds is 6. The van der Waals surface area contributed by atoms with E-state index in [-0.39, 0.29) is 5.54 Å². The van der Waals surface area contributed by atoms with E-state index in [1.54, 1.807) is 0 Å². The minimum absolute atomic E-state index is 0.281. The van der Waals surface area contributed by atoms with E-state index in [2.05, 4.69) is 19.2 Å². The second-order valence-electron chi connectivity index (χ2n) is 5.83. The fraction of sp³-hybridized carbons (Fsp3) is 0.933. The number of nitrogens with zero attached hydrogens (tertiary/aromatic N) is 1. The van der Waals surface area contributed by atoms with Crippen molar-refractivity contribution in [2.75, 3.05) is 19.0 Å². The molecule has 0 amide bonds. The second kappa shape index (κ2) is 7.53. The second-order valence-corrected chi connectivity index (χ2v) is 6.79. The Labute approximate surface area is 122 Å². The molecule has 2 heterocycles. The summed E-state index contributed by atoms with van der Waals surface area (Å²) in [7, 11) is 0. The summed E-state index contributed by atoms with van der Waals surface area (Å²) in [4.78, 5) is 4.98. The Morgan fingerprint density at radius 1 is 1.26 bits per heavy atom. The number of hydrogen-bond acceptors (Lipinski definition) is 3. The third kappa shape index (κ3) is 4.38. The Bertz CT molecular complexity index is 301. The summed E-state index contributed by atoms with van der Waals surface area (Å²) in [6.07, 6.45) is 8.53. The lowest BCUT2D eigenvalue weighted by Gasteiger charge is -2.32. The maximum Gasteiger partial charge on any atom is 0.157 e. The number of nitrogens with one attached hydrogen (secondary N) is 1. The Morgan fingerprint density at radius 3 is 2.74 bits per heavy atom. The predicted octanol–water partition coefficient (Wildman–Crippen LogP) is 3.59. The van der Waals surface area contributed by atoms with Gasteiger partial charge in [0.1, 0.15) is 0 Å². The van der Waals surface area contributed by atoms with E-state index in [1.807, 2.05) is 11.8 Å². The molecule has 2 aliphatic rings. The van der Waals surface area contributed by atoms with Gasteiger partial charge < -0.3 is 10.1 Å². The first-order valence-electron chi connectivity index (χ1n) is 7.84. The van der Waals surface area contributed by atoms with Crippen LogP contribution in [0.2, 0.25) is 0 Å². The van der Waals surface area contributed by atoms with Crippen molar-refractivity contribution in [3.63, 3.8) is 0 Å². The van der Waals surface area contributed by atoms with E-state index in [4.69, 9.17) is 9.73 Å². The van der Waals surface area contributed by atoms with Crippen LogP contribution in [0.1, 0.15) is 58.8 Å². The van der Waals surface area contributed by atoms with Crippen LogP contribution < -0.4 is 5.32 Å². The van der Waals surface area contributed by atoms with Crippen LogP contribution in [0.5, 0.6) is 0 Å². The predicted molar refractivity (Wildman–Crippen MR) is 84.0 cm³/mol. The average Bonchev–Trinajstić information content (AvgIpc) is 2.80. The van der Waals surface area contributed by atoms with Crippen molar-refractivity contribution >= 4 is 16.9 Å². The number of amidine groups is 1. The molecular formula is C15H28N2OS. The lowest BCUT2D eigenvalue weighted by atomic mass is 9.93. The molecule has 2 aliphatic heterocycles. The van der Waals surface area contributed by atoms with Gasteiger partial charge in [-0.3, -0.25) is 4.99 Å². The van der Waals surface area contributed by atoms with Crippen LogP contribution in [0.4, 0.5) is 0 Å². The minimum atomic E-state index is 0.281. The maximum atomic E-state index is 5.48. The fourth-order valence-electron chi connectivity index (χ4n) is 2.82. The minimum Gasteiger partial charge on any atom is -0.381 e. The molecule has 1 unspecified atom stereocenters. The van der Waals surface area contributed by atoms with Crippen molar-refractivity contribution < 1.29 is 4.74 Å². The van der Waals surface area contributed by atoms with Gasteiger partial charge in [0.05, 0.1) is 11.6 Å². The first kappa shape index (κ1) is 15.2. The van der Waals surface area contributed by atoms with Crippen LogP contribution in [-0.4, -0.2) is 35.7 Å². The topological polar surface area (TPSA) is 33.6 Å². The Morgan fingerprint density at radius 2 is 2.05 bits per heavy atom. The fourth-order valence-corrected chi connectivity index (χ4v) is 4.10. The first-order valence-corrected chi connectivity index (χ1v) is 8.83. The van der Waals surface area contributed by atoms with Crippen LogP contribution in [-0.2, 0) is 4.74 Å². The Hall–Kier alpha value is -0.220. The van der Waals surface area contributed by atoms with Crippen LogP contribution in [0.15, 0.2) is 4.99 Å². The lowest BCUT2D eigenvalue weighted by Crippen LogP contribution is -2.48. The molecule has 19 heavy (non-hydrogen) atoms. The summed E-state index contributed by atoms with van der Waals surface area (Å²) in [5.74, 6) is 1.17. The molecule has 0 radical (unpaired) electrons. The van der Waals surface area contributed by atoms with Crippen molar-refractivity contribution in [2.45, 2.75) is 70.4 Å². The van der Waals surface area contributed by atoms with Gasteiger partial charge in [-0.25, -0.2) is 0 Å². The molecule has 4 heteroatoms. The van der Waals surface area contributed by atoms with Gasteiger partial charge >= 0.3 is 0 Å². The van der Waals surface area contributed by atoms with Crippen LogP contribution in [0.3, 0.4) is 0 Å². The standard InChI is InChI=1S/C15H28N2OS/c1-3-5-7-13(6-4-2)16-14-17-15(12-19-14)8-10-18-11-9-15/h13H,3-12H2,1-2H3,(H,16,17). The highest BCUT2D eigenvalue weighted by molar-refractivity contribution is 8.14. The van der Waals surface area contributed by atoms with Crippen molar-refractivity contribution in [3.05, 3.63) is 0 Å². The van der Waals surface area contributed by atoms with Gasteiger partial charge in [-0.2, -0.15) is 0 Å². The molecule has 1 spiro atoms. The molecule has 2 saturated heterocycles. The van der Waals surface area contributed by atoms with Gasteiger partial charge in [0.15, 0.2) is 5.17 Å². The van der Waals surface area contributed by atoms with E-state index in [0.717, 1.165) is 26.1 Å². The van der Waals surface area contributed by atoms with Gasteiger partial charge in [0.25, 0.3) is 0 Å². The summed E-state index contributed by atoms with van der Waals surface area (Å²) >= 11 is 1.92. The number of unbranched alkanes of at least 4 members (excludes halogenated alkanes) is 1. The summed E-state index contributed by atoms with van der Waals surface area (Å²) in [6.45, 7) is 6.31. The number of thioether (sulfide) groups is 1. The van der Waals surface area contributed by atoms with Gasteiger partial charge in [-0.1, -0.05) is 44.9 Å². The molecule has 3 nitrogen and oxygen atoms in total. The third-order valence-corrected chi connectivity index (χ3v) is 5.30. The average molecular weight is 284 g/mol. The molecule has 0 aromatic heterocycles. The quantitative estimate of drug-likeness (QED) is 0.809. The van der Waals surface area contributed by atoms with E-state index in [1.165, 1.54) is 43.0 Å². The molecule has 0 aliphatic carbocycles. The summed E-state index contributed by atoms with van der Waals surface area (Å²) in [6, 6.07) is 0.523. The molecule has 110 valence electrons. The van der Waals surface area contributed by atoms with Crippen molar-refractivity contribution in [2.24, 2.45) is 4.99 Å². The first-order chi connectivity index (χ1) is 9.28. The number of ether oxygens (including phenoxy) is 1. The van der Waals surface area contributed by atoms with Crippen LogP contribution in [0, 0.1) is 0 Å². The van der Waals surface area contributed by atoms with E-state index in [0.29, 0.717) is 6.04 Å². The zero-order valence-corrected chi connectivity index (χ0v) is 13.2. The van der Waals surface area contributed by atoms with Crippen LogP contribution >= 0.6 is 11.8 Å².